The number of carbonyl (C=O) groups excluding carboxylic acids is 1. The highest BCUT2D eigenvalue weighted by atomic mass is 16.9. The molecular weight excluding hydrogens is 636 g/mol. The van der Waals surface area contributed by atoms with Gasteiger partial charge in [-0.3, -0.25) is 4.79 Å². The molecule has 4 aromatic carbocycles. The van der Waals surface area contributed by atoms with Crippen molar-refractivity contribution >= 4 is 5.78 Å². The van der Waals surface area contributed by atoms with Gasteiger partial charge in [0.15, 0.2) is 0 Å². The molecule has 9 nitrogen and oxygen atoms in total. The summed E-state index contributed by atoms with van der Waals surface area (Å²) < 4.78 is 43.5. The maximum absolute atomic E-state index is 13.8. The summed E-state index contributed by atoms with van der Waals surface area (Å²) in [5.74, 6) is -2.38. The molecule has 9 heteroatoms. The Bertz CT molecular complexity index is 1560. The number of hydrogen-bond acceptors (Lipinski definition) is 9. The number of benzene rings is 4. The molecule has 264 valence electrons. The smallest absolute Gasteiger partial charge is 0.346 e. The van der Waals surface area contributed by atoms with Crippen LogP contribution in [0.25, 0.3) is 0 Å². The SMILES string of the molecule is CC12COC(C(=O)C[C@@H](O)[C@@H](OCc3ccccc3)[C@@H](OCc3ccccc3)[C@H](COCc3ccccc3)OCc3ccccc3)(OC1)OC2. The van der Waals surface area contributed by atoms with Crippen LogP contribution in [0.4, 0.5) is 0 Å². The molecule has 0 aliphatic carbocycles. The Morgan fingerprint density at radius 2 is 1.02 bits per heavy atom. The van der Waals surface area contributed by atoms with Crippen LogP contribution in [0.1, 0.15) is 35.6 Å². The quantitative estimate of drug-likeness (QED) is 0.127. The lowest BCUT2D eigenvalue weighted by Crippen LogP contribution is -2.63. The number of fused-ring (bicyclic) bond motifs is 3. The van der Waals surface area contributed by atoms with E-state index in [2.05, 4.69) is 0 Å². The van der Waals surface area contributed by atoms with E-state index in [0.29, 0.717) is 26.4 Å². The Morgan fingerprint density at radius 1 is 0.620 bits per heavy atom. The van der Waals surface area contributed by atoms with Crippen LogP contribution in [-0.4, -0.2) is 67.7 Å². The number of ether oxygens (including phenoxy) is 7. The zero-order valence-corrected chi connectivity index (χ0v) is 28.4. The lowest BCUT2D eigenvalue weighted by molar-refractivity contribution is -0.440. The molecule has 1 N–H and O–H groups in total. The first-order valence-corrected chi connectivity index (χ1v) is 17.1. The monoisotopic (exact) mass is 682 g/mol. The molecule has 4 atom stereocenters. The van der Waals surface area contributed by atoms with Gasteiger partial charge in [0.05, 0.1) is 59.0 Å². The maximum Gasteiger partial charge on any atom is 0.346 e. The Morgan fingerprint density at radius 3 is 1.48 bits per heavy atom. The highest BCUT2D eigenvalue weighted by molar-refractivity contribution is 5.85. The third-order valence-corrected chi connectivity index (χ3v) is 8.91. The zero-order valence-electron chi connectivity index (χ0n) is 28.4. The number of aliphatic hydroxyl groups is 1. The highest BCUT2D eigenvalue weighted by Crippen LogP contribution is 2.39. The van der Waals surface area contributed by atoms with E-state index < -0.39 is 36.2 Å². The molecule has 2 bridgehead atoms. The molecule has 50 heavy (non-hydrogen) atoms. The summed E-state index contributed by atoms with van der Waals surface area (Å²) in [5.41, 5.74) is 3.48. The summed E-state index contributed by atoms with van der Waals surface area (Å²) in [7, 11) is 0. The third-order valence-electron chi connectivity index (χ3n) is 8.91. The van der Waals surface area contributed by atoms with E-state index in [-0.39, 0.29) is 38.3 Å². The summed E-state index contributed by atoms with van der Waals surface area (Å²) in [6, 6.07) is 39.1. The topological polar surface area (TPSA) is 102 Å². The summed E-state index contributed by atoms with van der Waals surface area (Å²) >= 11 is 0. The second kappa shape index (κ2) is 17.4. The number of rotatable bonds is 19. The van der Waals surface area contributed by atoms with E-state index in [9.17, 15) is 9.90 Å². The molecule has 3 heterocycles. The van der Waals surface area contributed by atoms with E-state index >= 15 is 0 Å². The van der Waals surface area contributed by atoms with Crippen LogP contribution in [0.3, 0.4) is 0 Å². The largest absolute Gasteiger partial charge is 0.390 e. The van der Waals surface area contributed by atoms with Gasteiger partial charge in [0.2, 0.25) is 5.78 Å². The van der Waals surface area contributed by atoms with Crippen LogP contribution in [-0.2, 0) is 64.4 Å². The molecule has 7 rings (SSSR count). The van der Waals surface area contributed by atoms with Gasteiger partial charge in [-0.05, 0) is 22.3 Å². The minimum Gasteiger partial charge on any atom is -0.390 e. The Balaban J connectivity index is 1.29. The molecule has 0 amide bonds. The first kappa shape index (κ1) is 36.0. The zero-order chi connectivity index (χ0) is 34.7. The first-order chi connectivity index (χ1) is 24.4. The van der Waals surface area contributed by atoms with Gasteiger partial charge in [0.1, 0.15) is 18.3 Å². The van der Waals surface area contributed by atoms with Crippen LogP contribution in [0.15, 0.2) is 121 Å². The number of hydrogen-bond donors (Lipinski definition) is 1. The van der Waals surface area contributed by atoms with E-state index in [4.69, 9.17) is 33.2 Å². The summed E-state index contributed by atoms with van der Waals surface area (Å²) in [6.07, 6.45) is -4.32. The van der Waals surface area contributed by atoms with E-state index in [1.165, 1.54) is 0 Å². The standard InChI is InChI=1S/C41H46O9/c1-40-28-48-41(49-29-40,50-30-40)37(43)22-35(42)38(46-25-33-18-10-4-11-19-33)39(47-26-34-20-12-5-13-21-34)36(45-24-32-16-8-3-9-17-32)27-44-23-31-14-6-2-7-15-31/h2-21,35-36,38-39,42H,22-30H2,1H3/t35-,36+,38-,39+,40?,41?/m1/s1. The summed E-state index contributed by atoms with van der Waals surface area (Å²) in [4.78, 5) is 13.8. The van der Waals surface area contributed by atoms with E-state index in [1.807, 2.05) is 128 Å². The highest BCUT2D eigenvalue weighted by Gasteiger charge is 2.56. The molecular formula is C41H46O9. The van der Waals surface area contributed by atoms with Crippen molar-refractivity contribution in [3.05, 3.63) is 144 Å². The summed E-state index contributed by atoms with van der Waals surface area (Å²) in [5, 5.41) is 12.0. The van der Waals surface area contributed by atoms with Crippen LogP contribution in [0.2, 0.25) is 0 Å². The average molecular weight is 683 g/mol. The predicted molar refractivity (Wildman–Crippen MR) is 185 cm³/mol. The minimum absolute atomic E-state index is 0.130. The van der Waals surface area contributed by atoms with Gasteiger partial charge in [-0.1, -0.05) is 128 Å². The van der Waals surface area contributed by atoms with E-state index in [0.717, 1.165) is 22.3 Å². The Hall–Kier alpha value is -3.77. The number of Topliss-reactive ketones (excluding diaryl/α,β-unsaturated/α-hetero) is 1. The molecule has 0 radical (unpaired) electrons. The molecule has 0 spiro atoms. The van der Waals surface area contributed by atoms with Crippen molar-refractivity contribution in [1.82, 2.24) is 0 Å². The molecule has 0 aromatic heterocycles. The normalized spacial score (nSPS) is 22.4. The summed E-state index contributed by atoms with van der Waals surface area (Å²) in [6.45, 7) is 4.05. The van der Waals surface area contributed by atoms with Gasteiger partial charge in [-0.15, -0.1) is 0 Å². The van der Waals surface area contributed by atoms with Gasteiger partial charge >= 0.3 is 5.97 Å². The molecule has 4 aromatic rings. The second-order valence-corrected chi connectivity index (χ2v) is 13.3. The van der Waals surface area contributed by atoms with Gasteiger partial charge in [-0.2, -0.15) is 0 Å². The van der Waals surface area contributed by atoms with Crippen molar-refractivity contribution in [2.75, 3.05) is 26.4 Å². The number of ketones is 1. The van der Waals surface area contributed by atoms with Crippen molar-refractivity contribution in [3.8, 4) is 0 Å². The fourth-order valence-electron chi connectivity index (χ4n) is 5.98. The number of aliphatic hydroxyl groups excluding tert-OH is 1. The van der Waals surface area contributed by atoms with Gasteiger partial charge in [0, 0.05) is 11.8 Å². The molecule has 3 fully saturated rings. The lowest BCUT2D eigenvalue weighted by Gasteiger charge is -2.49. The lowest BCUT2D eigenvalue weighted by atomic mass is 9.90. The van der Waals surface area contributed by atoms with Crippen molar-refractivity contribution in [1.29, 1.82) is 0 Å². The number of carbonyl (C=O) groups is 1. The van der Waals surface area contributed by atoms with Crippen LogP contribution >= 0.6 is 0 Å². The van der Waals surface area contributed by atoms with E-state index in [1.54, 1.807) is 0 Å². The minimum atomic E-state index is -1.86. The molecule has 3 saturated heterocycles. The predicted octanol–water partition coefficient (Wildman–Crippen LogP) is 6.02. The van der Waals surface area contributed by atoms with Crippen LogP contribution < -0.4 is 0 Å². The van der Waals surface area contributed by atoms with Crippen LogP contribution in [0.5, 0.6) is 0 Å². The maximum atomic E-state index is 13.8. The fraction of sp³-hybridized carbons (Fsp3) is 0.390. The van der Waals surface area contributed by atoms with Crippen LogP contribution in [0, 0.1) is 5.41 Å². The Kier molecular flexibility index (Phi) is 12.6. The molecule has 0 saturated carbocycles. The van der Waals surface area contributed by atoms with Crippen molar-refractivity contribution < 1.29 is 43.1 Å². The van der Waals surface area contributed by atoms with Gasteiger partial charge < -0.3 is 38.3 Å². The molecule has 3 aliphatic heterocycles. The molecule has 3 aliphatic rings. The Labute approximate surface area is 294 Å². The second-order valence-electron chi connectivity index (χ2n) is 13.3. The van der Waals surface area contributed by atoms with Gasteiger partial charge in [0.25, 0.3) is 0 Å². The first-order valence-electron chi connectivity index (χ1n) is 17.1. The average Bonchev–Trinajstić information content (AvgIpc) is 3.16. The van der Waals surface area contributed by atoms with Crippen molar-refractivity contribution in [3.63, 3.8) is 0 Å². The van der Waals surface area contributed by atoms with Crippen molar-refractivity contribution in [2.45, 2.75) is 70.2 Å². The van der Waals surface area contributed by atoms with Crippen molar-refractivity contribution in [2.24, 2.45) is 5.41 Å². The molecule has 0 unspecified atom stereocenters. The fourth-order valence-corrected chi connectivity index (χ4v) is 5.98. The van der Waals surface area contributed by atoms with Gasteiger partial charge in [-0.25, -0.2) is 0 Å². The third kappa shape index (κ3) is 9.72.